The number of halogens is 1. The van der Waals surface area contributed by atoms with Gasteiger partial charge in [0.05, 0.1) is 89.0 Å². The van der Waals surface area contributed by atoms with Crippen molar-refractivity contribution in [2.24, 2.45) is 60.3 Å². The Hall–Kier alpha value is -6.35. The topological polar surface area (TPSA) is 357 Å². The molecule has 0 unspecified atom stereocenters. The van der Waals surface area contributed by atoms with Crippen LogP contribution in [0.25, 0.3) is 5.32 Å². The first-order valence-corrected chi connectivity index (χ1v) is 36.2. The molecule has 6 heterocycles. The van der Waals surface area contributed by atoms with E-state index in [9.17, 15) is 33.6 Å². The molecule has 1 N–H and O–H groups in total. The Morgan fingerprint density at radius 3 is 1.60 bits per heavy atom. The molecule has 6 aliphatic heterocycles. The fraction of sp³-hybridized carbons (Fsp3) is 0.685. The zero-order valence-electron chi connectivity index (χ0n) is 60.3. The molecule has 1 fully saturated rings. The molecule has 0 aliphatic carbocycles. The van der Waals surface area contributed by atoms with Crippen molar-refractivity contribution in [1.29, 1.82) is 0 Å². The monoisotopic (exact) mass is 1450 g/mol. The summed E-state index contributed by atoms with van der Waals surface area (Å²) in [6.45, 7) is 28.5. The molecule has 1 aromatic rings. The molecule has 24 nitrogen and oxygen atoms in total. The molecule has 1 radical (unpaired) electrons. The summed E-state index contributed by atoms with van der Waals surface area (Å²) in [5.74, 6) is -6.45. The molecule has 6 aliphatic rings. The first-order chi connectivity index (χ1) is 46.2. The third kappa shape index (κ3) is 20.3. The quantitative estimate of drug-likeness (QED) is 0.0616. The van der Waals surface area contributed by atoms with Crippen molar-refractivity contribution >= 4 is 64.8 Å². The fourth-order valence-electron chi connectivity index (χ4n) is 15.2. The van der Waals surface area contributed by atoms with Gasteiger partial charge in [0.15, 0.2) is 0 Å². The summed E-state index contributed by atoms with van der Waals surface area (Å²) in [5.41, 5.74) is -0.375. The number of esters is 7. The zero-order chi connectivity index (χ0) is 72.6. The van der Waals surface area contributed by atoms with Crippen LogP contribution in [0.3, 0.4) is 0 Å². The Balaban J connectivity index is 0.00000284. The van der Waals surface area contributed by atoms with E-state index in [1.807, 2.05) is 115 Å². The smallest absolute Gasteiger partial charge is 0.680 e. The van der Waals surface area contributed by atoms with Crippen molar-refractivity contribution in [3.05, 3.63) is 74.6 Å². The van der Waals surface area contributed by atoms with Gasteiger partial charge in [0, 0.05) is 82.8 Å². The van der Waals surface area contributed by atoms with E-state index in [4.69, 9.17) is 72.1 Å². The standard InChI is InChI=1S/C73H105N5O15.ClHO4.Co/c1-15-33-87-54(80)27-24-49-61-45(7)66-70(11,31-30-57(83)90-36-18-4)52(43-59(85)91-37-19-5)67(77-66)73(14)72(13,44-60(86)92-38-20-6)51(26-29-56(82)89-35-17-3)62(78-73)46(8)65-71(12)32-39-93-58(84)42-48-23-21-22-47(40-48)41-53(79)74-64(68(75-61)69(49,9)10)63(76-65)50(71)25-28-55(81)88-34-16-2;2-1(3,4)5;/h21-23,40,49-52,67H,15-20,24-39,41-44H2,1-14H3,(H2,74,75,76,77,78,79);(H,2,3,4,5);/q;;+2/p-2/t49-,50-,51-,52+,67-,70-,71+,72+,73+;;/m1../s1. The van der Waals surface area contributed by atoms with Crippen molar-refractivity contribution in [2.45, 2.75) is 231 Å². The van der Waals surface area contributed by atoms with Crippen LogP contribution in [0.2, 0.25) is 0 Å². The second kappa shape index (κ2) is 36.5. The summed E-state index contributed by atoms with van der Waals surface area (Å²) in [7, 11) is -4.94. The minimum Gasteiger partial charge on any atom is -0.680 e. The van der Waals surface area contributed by atoms with Crippen LogP contribution in [0.5, 0.6) is 0 Å². The number of aliphatic imine (C=N–C) groups is 3. The number of hydrogen-bond acceptors (Lipinski definition) is 22. The predicted molar refractivity (Wildman–Crippen MR) is 354 cm³/mol. The third-order valence-electron chi connectivity index (χ3n) is 20.4. The van der Waals surface area contributed by atoms with E-state index < -0.39 is 115 Å². The van der Waals surface area contributed by atoms with Crippen molar-refractivity contribution in [3.8, 4) is 0 Å². The van der Waals surface area contributed by atoms with E-state index in [0.717, 1.165) is 0 Å². The summed E-state index contributed by atoms with van der Waals surface area (Å²) < 4.78 is 75.2. The number of allylic oxidation sites excluding steroid dienone is 6. The van der Waals surface area contributed by atoms with Gasteiger partial charge in [0.1, 0.15) is 0 Å². The Labute approximate surface area is 596 Å². The first-order valence-electron chi connectivity index (χ1n) is 35.0. The van der Waals surface area contributed by atoms with Crippen molar-refractivity contribution in [2.75, 3.05) is 46.2 Å². The van der Waals surface area contributed by atoms with Crippen molar-refractivity contribution < 1.29 is 117 Å². The molecular weight excluding hydrogens is 1350 g/mol. The number of fused-ring (bicyclic) bond motifs is 10. The second-order valence-electron chi connectivity index (χ2n) is 28.0. The fourth-order valence-corrected chi connectivity index (χ4v) is 15.2. The van der Waals surface area contributed by atoms with Crippen LogP contribution in [0.15, 0.2) is 73.2 Å². The van der Waals surface area contributed by atoms with Gasteiger partial charge in [-0.1, -0.05) is 113 Å². The van der Waals surface area contributed by atoms with Gasteiger partial charge >= 0.3 is 58.6 Å². The molecule has 99 heavy (non-hydrogen) atoms. The van der Waals surface area contributed by atoms with Gasteiger partial charge in [-0.15, -0.1) is 10.2 Å². The number of cyclic esters (lactones) is 1. The Morgan fingerprint density at radius 1 is 0.606 bits per heavy atom. The molecule has 0 saturated carbocycles. The van der Waals surface area contributed by atoms with Crippen LogP contribution < -0.4 is 24.0 Å². The number of carbonyl (C=O) groups excluding carboxylic acids is 8. The molecule has 0 spiro atoms. The van der Waals surface area contributed by atoms with E-state index in [-0.39, 0.29) is 146 Å². The van der Waals surface area contributed by atoms with Gasteiger partial charge in [-0.3, -0.25) is 53.3 Å². The molecule has 0 aromatic heterocycles. The largest absolute Gasteiger partial charge is 2.00 e. The van der Waals surface area contributed by atoms with E-state index >= 15 is 4.79 Å². The summed E-state index contributed by atoms with van der Waals surface area (Å²) in [6, 6.07) is 6.30. The Morgan fingerprint density at radius 2 is 1.07 bits per heavy atom. The molecule has 7 rings (SSSR count). The first kappa shape index (κ1) is 83.3. The normalized spacial score (nSPS) is 28.4. The van der Waals surface area contributed by atoms with Crippen LogP contribution in [-0.4, -0.2) is 123 Å². The number of benzene rings is 1. The van der Waals surface area contributed by atoms with Crippen LogP contribution >= 0.6 is 0 Å². The minimum atomic E-state index is -4.94. The predicted octanol–water partition coefficient (Wildman–Crippen LogP) is 7.86. The average molecular weight is 1450 g/mol. The molecule has 1 amide bonds. The molecular formula is C73H104ClCoN5O19. The Bertz CT molecular complexity index is 3290. The second-order valence-corrected chi connectivity index (χ2v) is 28.8. The summed E-state index contributed by atoms with van der Waals surface area (Å²) in [5, 5.41) is 9.40. The molecule has 1 saturated heterocycles. The third-order valence-corrected chi connectivity index (χ3v) is 20.4. The summed E-state index contributed by atoms with van der Waals surface area (Å²) >= 11 is 0. The molecule has 551 valence electrons. The van der Waals surface area contributed by atoms with Crippen LogP contribution in [0.4, 0.5) is 0 Å². The number of carbonyl (C=O) groups is 8. The van der Waals surface area contributed by atoms with Crippen molar-refractivity contribution in [3.63, 3.8) is 0 Å². The molecule has 1 aromatic carbocycles. The van der Waals surface area contributed by atoms with E-state index in [1.165, 1.54) is 0 Å². The maximum atomic E-state index is 15.3. The van der Waals surface area contributed by atoms with E-state index in [2.05, 4.69) is 5.32 Å². The maximum Gasteiger partial charge on any atom is 2.00 e. The molecule has 9 atom stereocenters. The number of amides is 1. The van der Waals surface area contributed by atoms with Gasteiger partial charge in [-0.25, -0.2) is 18.6 Å². The molecule has 26 heteroatoms. The Kier molecular flexibility index (Phi) is 30.7. The van der Waals surface area contributed by atoms with Gasteiger partial charge in [0.2, 0.25) is 5.91 Å². The zero-order valence-corrected chi connectivity index (χ0v) is 62.1. The van der Waals surface area contributed by atoms with Crippen LogP contribution in [-0.2, 0) is 101 Å². The van der Waals surface area contributed by atoms with Gasteiger partial charge < -0.3 is 43.8 Å². The summed E-state index contributed by atoms with van der Waals surface area (Å²) in [4.78, 5) is 132. The number of ether oxygens (including phenoxy) is 7. The average Bonchev–Trinajstić information content (AvgIpc) is 1.53. The van der Waals surface area contributed by atoms with Gasteiger partial charge in [-0.2, -0.15) is 5.70 Å². The van der Waals surface area contributed by atoms with E-state index in [0.29, 0.717) is 101 Å². The number of rotatable bonds is 28. The van der Waals surface area contributed by atoms with Crippen LogP contribution in [0.1, 0.15) is 217 Å². The molecule has 11 bridgehead atoms. The number of hydrogen-bond donors (Lipinski definition) is 1. The van der Waals surface area contributed by atoms with Gasteiger partial charge in [-0.05, 0) is 118 Å². The SMILES string of the molecule is CCCOC(=O)CC[C@@H]1/C2=C(\C)C3=N[C@H]([C@H](CC(=O)OCCC)[C@@]3(C)CCC(=O)OCCC)[C@]3(C)[N-]\C(=C(C)/C4=N/C5=C(/NC(=O)Cc6cccc(c6)CC(=O)OCC[C@@]4(C)[C@@H]5CCC(=O)OCCC)C(=N2)C1(C)C)[C@@H](CCC(=O)OCCC)[C@]3(C)CC(=O)OCCC.[Co+2].[O-][Cl+3]([O-])([O-])[O-]. The van der Waals surface area contributed by atoms with Crippen molar-refractivity contribution in [1.82, 2.24) is 5.32 Å². The minimum absolute atomic E-state index is 0. The number of nitrogens with one attached hydrogen (secondary N) is 1. The summed E-state index contributed by atoms with van der Waals surface area (Å²) in [6.07, 6.45) is 3.54. The number of nitrogens with zero attached hydrogens (tertiary/aromatic N) is 4. The van der Waals surface area contributed by atoms with Gasteiger partial charge in [0.25, 0.3) is 0 Å². The maximum absolute atomic E-state index is 15.3. The van der Waals surface area contributed by atoms with E-state index in [1.54, 1.807) is 6.07 Å². The van der Waals surface area contributed by atoms with Crippen LogP contribution in [0, 0.1) is 55.6 Å².